The predicted molar refractivity (Wildman–Crippen MR) is 58.7 cm³/mol. The van der Waals surface area contributed by atoms with Crippen LogP contribution in [0.25, 0.3) is 10.9 Å². The first-order valence-corrected chi connectivity index (χ1v) is 4.84. The standard InChI is InChI=1S/C11H10N2O3/c1-2-13-6-12-9-4-10(15)7(5-14)3-8(9)11(13)16/h3-6,15H,2H2,1H3. The zero-order chi connectivity index (χ0) is 11.7. The Morgan fingerprint density at radius 3 is 2.88 bits per heavy atom. The molecule has 1 aromatic heterocycles. The van der Waals surface area contributed by atoms with Gasteiger partial charge in [-0.2, -0.15) is 0 Å². The van der Waals surface area contributed by atoms with Gasteiger partial charge in [0.1, 0.15) is 5.75 Å². The van der Waals surface area contributed by atoms with Crippen molar-refractivity contribution in [2.75, 3.05) is 0 Å². The van der Waals surface area contributed by atoms with Gasteiger partial charge in [0.2, 0.25) is 0 Å². The first-order chi connectivity index (χ1) is 7.67. The highest BCUT2D eigenvalue weighted by Gasteiger charge is 2.08. The number of aromatic hydroxyl groups is 1. The van der Waals surface area contributed by atoms with Crippen LogP contribution in [0.5, 0.6) is 5.75 Å². The highest BCUT2D eigenvalue weighted by atomic mass is 16.3. The van der Waals surface area contributed by atoms with Crippen molar-refractivity contribution in [1.82, 2.24) is 9.55 Å². The molecule has 0 atom stereocenters. The van der Waals surface area contributed by atoms with Crippen LogP contribution < -0.4 is 5.56 Å². The molecule has 1 aromatic carbocycles. The quantitative estimate of drug-likeness (QED) is 0.761. The van der Waals surface area contributed by atoms with Gasteiger partial charge in [-0.1, -0.05) is 0 Å². The minimum absolute atomic E-state index is 0.0975. The van der Waals surface area contributed by atoms with E-state index in [0.717, 1.165) is 0 Å². The van der Waals surface area contributed by atoms with Crippen LogP contribution in [0.2, 0.25) is 0 Å². The van der Waals surface area contributed by atoms with Crippen molar-refractivity contribution in [3.05, 3.63) is 34.4 Å². The van der Waals surface area contributed by atoms with Gasteiger partial charge >= 0.3 is 0 Å². The van der Waals surface area contributed by atoms with E-state index in [9.17, 15) is 14.7 Å². The Kier molecular flexibility index (Phi) is 2.44. The van der Waals surface area contributed by atoms with E-state index in [1.807, 2.05) is 6.92 Å². The third kappa shape index (κ3) is 1.46. The van der Waals surface area contributed by atoms with Gasteiger partial charge in [-0.25, -0.2) is 4.98 Å². The van der Waals surface area contributed by atoms with Gasteiger partial charge in [-0.05, 0) is 13.0 Å². The molecule has 16 heavy (non-hydrogen) atoms. The zero-order valence-electron chi connectivity index (χ0n) is 8.67. The minimum Gasteiger partial charge on any atom is -0.507 e. The number of rotatable bonds is 2. The molecule has 0 bridgehead atoms. The second-order valence-electron chi connectivity index (χ2n) is 3.38. The number of carbonyl (C=O) groups is 1. The van der Waals surface area contributed by atoms with Gasteiger partial charge in [0.05, 0.1) is 22.8 Å². The lowest BCUT2D eigenvalue weighted by atomic mass is 10.1. The van der Waals surface area contributed by atoms with Gasteiger partial charge in [-0.15, -0.1) is 0 Å². The first-order valence-electron chi connectivity index (χ1n) is 4.84. The van der Waals surface area contributed by atoms with Gasteiger partial charge in [0.15, 0.2) is 6.29 Å². The third-order valence-corrected chi connectivity index (χ3v) is 2.44. The number of aryl methyl sites for hydroxylation is 1. The SMILES string of the molecule is CCn1cnc2cc(O)c(C=O)cc2c1=O. The van der Waals surface area contributed by atoms with Crippen molar-refractivity contribution < 1.29 is 9.90 Å². The van der Waals surface area contributed by atoms with E-state index >= 15 is 0 Å². The molecular weight excluding hydrogens is 208 g/mol. The second-order valence-corrected chi connectivity index (χ2v) is 3.38. The summed E-state index contributed by atoms with van der Waals surface area (Å²) in [6, 6.07) is 2.68. The Bertz CT molecular complexity index is 616. The number of aldehydes is 1. The lowest BCUT2D eigenvalue weighted by Gasteiger charge is -2.04. The van der Waals surface area contributed by atoms with Crippen LogP contribution >= 0.6 is 0 Å². The Morgan fingerprint density at radius 2 is 2.25 bits per heavy atom. The molecule has 0 saturated heterocycles. The Labute approximate surface area is 91.0 Å². The average molecular weight is 218 g/mol. The second kappa shape index (κ2) is 3.77. The highest BCUT2D eigenvalue weighted by molar-refractivity contribution is 5.89. The van der Waals surface area contributed by atoms with E-state index in [1.54, 1.807) is 0 Å². The molecule has 0 fully saturated rings. The average Bonchev–Trinajstić information content (AvgIpc) is 2.29. The monoisotopic (exact) mass is 218 g/mol. The maximum absolute atomic E-state index is 11.9. The molecular formula is C11H10N2O3. The molecule has 0 radical (unpaired) electrons. The fourth-order valence-electron chi connectivity index (χ4n) is 1.53. The number of fused-ring (bicyclic) bond motifs is 1. The van der Waals surface area contributed by atoms with E-state index in [4.69, 9.17) is 0 Å². The molecule has 0 spiro atoms. The Hall–Kier alpha value is -2.17. The van der Waals surface area contributed by atoms with Crippen molar-refractivity contribution in [3.8, 4) is 5.75 Å². The van der Waals surface area contributed by atoms with Crippen molar-refractivity contribution in [2.45, 2.75) is 13.5 Å². The number of phenols is 1. The van der Waals surface area contributed by atoms with E-state index in [0.29, 0.717) is 23.7 Å². The highest BCUT2D eigenvalue weighted by Crippen LogP contribution is 2.19. The van der Waals surface area contributed by atoms with E-state index in [1.165, 1.54) is 23.0 Å². The molecule has 2 aromatic rings. The third-order valence-electron chi connectivity index (χ3n) is 2.44. The van der Waals surface area contributed by atoms with Gasteiger partial charge < -0.3 is 5.11 Å². The molecule has 0 amide bonds. The van der Waals surface area contributed by atoms with Crippen LogP contribution in [0.15, 0.2) is 23.3 Å². The number of phenolic OH excluding ortho intramolecular Hbond substituents is 1. The largest absolute Gasteiger partial charge is 0.507 e. The van der Waals surface area contributed by atoms with Crippen LogP contribution in [-0.4, -0.2) is 20.9 Å². The summed E-state index contributed by atoms with van der Waals surface area (Å²) in [6.07, 6.45) is 1.93. The normalized spacial score (nSPS) is 10.6. The van der Waals surface area contributed by atoms with Crippen LogP contribution in [-0.2, 0) is 6.54 Å². The van der Waals surface area contributed by atoms with Gasteiger partial charge in [0, 0.05) is 12.6 Å². The van der Waals surface area contributed by atoms with Crippen LogP contribution in [0.4, 0.5) is 0 Å². The minimum atomic E-state index is -0.212. The van der Waals surface area contributed by atoms with Crippen LogP contribution in [0, 0.1) is 0 Å². The maximum Gasteiger partial charge on any atom is 0.261 e. The molecule has 2 rings (SSSR count). The van der Waals surface area contributed by atoms with Crippen LogP contribution in [0.1, 0.15) is 17.3 Å². The topological polar surface area (TPSA) is 72.2 Å². The van der Waals surface area contributed by atoms with Crippen LogP contribution in [0.3, 0.4) is 0 Å². The summed E-state index contributed by atoms with van der Waals surface area (Å²) in [5.41, 5.74) is 0.272. The van der Waals surface area contributed by atoms with E-state index in [-0.39, 0.29) is 16.9 Å². The summed E-state index contributed by atoms with van der Waals surface area (Å²) in [7, 11) is 0. The smallest absolute Gasteiger partial charge is 0.261 e. The number of aromatic nitrogens is 2. The predicted octanol–water partition coefficient (Wildman–Crippen LogP) is 0.934. The maximum atomic E-state index is 11.9. The molecule has 1 heterocycles. The molecule has 0 aliphatic carbocycles. The lowest BCUT2D eigenvalue weighted by molar-refractivity contribution is 0.112. The van der Waals surface area contributed by atoms with Crippen molar-refractivity contribution in [3.63, 3.8) is 0 Å². The Morgan fingerprint density at radius 1 is 1.50 bits per heavy atom. The van der Waals surface area contributed by atoms with Gasteiger partial charge in [-0.3, -0.25) is 14.2 Å². The molecule has 82 valence electrons. The summed E-state index contributed by atoms with van der Waals surface area (Å²) in [4.78, 5) is 26.5. The lowest BCUT2D eigenvalue weighted by Crippen LogP contribution is -2.19. The van der Waals surface area contributed by atoms with E-state index < -0.39 is 0 Å². The summed E-state index contributed by atoms with van der Waals surface area (Å²) in [5, 5.41) is 9.78. The molecule has 5 heteroatoms. The molecule has 0 unspecified atom stereocenters. The summed E-state index contributed by atoms with van der Waals surface area (Å²) in [6.45, 7) is 2.34. The Balaban J connectivity index is 2.87. The van der Waals surface area contributed by atoms with Crippen molar-refractivity contribution >= 4 is 17.2 Å². The molecule has 0 aliphatic rings. The molecule has 1 N–H and O–H groups in total. The van der Waals surface area contributed by atoms with E-state index in [2.05, 4.69) is 4.98 Å². The summed E-state index contributed by atoms with van der Waals surface area (Å²) in [5.74, 6) is -0.163. The number of carbonyl (C=O) groups excluding carboxylic acids is 1. The first kappa shape index (κ1) is 10.4. The summed E-state index contributed by atoms with van der Waals surface area (Å²) >= 11 is 0. The number of hydrogen-bond acceptors (Lipinski definition) is 4. The molecule has 0 aliphatic heterocycles. The summed E-state index contributed by atoms with van der Waals surface area (Å²) < 4.78 is 1.44. The number of benzene rings is 1. The zero-order valence-corrected chi connectivity index (χ0v) is 8.67. The number of hydrogen-bond donors (Lipinski definition) is 1. The van der Waals surface area contributed by atoms with Crippen molar-refractivity contribution in [2.24, 2.45) is 0 Å². The number of nitrogens with zero attached hydrogens (tertiary/aromatic N) is 2. The fourth-order valence-corrected chi connectivity index (χ4v) is 1.53. The van der Waals surface area contributed by atoms with Crippen molar-refractivity contribution in [1.29, 1.82) is 0 Å². The molecule has 5 nitrogen and oxygen atoms in total. The fraction of sp³-hybridized carbons (Fsp3) is 0.182. The van der Waals surface area contributed by atoms with Gasteiger partial charge in [0.25, 0.3) is 5.56 Å². The molecule has 0 saturated carbocycles.